The molecule has 1 nitrogen and oxygen atoms in total. The number of carbonyl (C=O) groups excluding carboxylic acids is 1. The standard InChI is InChI=1S/C19H16O/c1-2-14-11-12-17-16(13-14)9-6-10-18(17)19(20)15-7-4-3-5-8-15/h3-13H,2H2,1H3. The second kappa shape index (κ2) is 5.30. The van der Waals surface area contributed by atoms with Gasteiger partial charge in [0.25, 0.3) is 0 Å². The molecule has 0 aliphatic heterocycles. The van der Waals surface area contributed by atoms with Gasteiger partial charge in [0.05, 0.1) is 0 Å². The van der Waals surface area contributed by atoms with Gasteiger partial charge in [-0.1, -0.05) is 73.7 Å². The zero-order valence-electron chi connectivity index (χ0n) is 11.5. The van der Waals surface area contributed by atoms with Crippen LogP contribution < -0.4 is 0 Å². The Morgan fingerprint density at radius 2 is 1.70 bits per heavy atom. The second-order valence-corrected chi connectivity index (χ2v) is 4.91. The van der Waals surface area contributed by atoms with Crippen LogP contribution in [0.5, 0.6) is 0 Å². The van der Waals surface area contributed by atoms with E-state index in [1.54, 1.807) is 0 Å². The molecule has 0 heterocycles. The Balaban J connectivity index is 2.15. The summed E-state index contributed by atoms with van der Waals surface area (Å²) in [4.78, 5) is 12.6. The summed E-state index contributed by atoms with van der Waals surface area (Å²) in [6.45, 7) is 2.14. The van der Waals surface area contributed by atoms with Gasteiger partial charge in [-0.05, 0) is 22.8 Å². The molecule has 0 N–H and O–H groups in total. The maximum absolute atomic E-state index is 12.6. The molecule has 20 heavy (non-hydrogen) atoms. The minimum absolute atomic E-state index is 0.0837. The van der Waals surface area contributed by atoms with Crippen LogP contribution in [0.25, 0.3) is 10.8 Å². The van der Waals surface area contributed by atoms with E-state index >= 15 is 0 Å². The number of ketones is 1. The number of hydrogen-bond donors (Lipinski definition) is 0. The highest BCUT2D eigenvalue weighted by atomic mass is 16.1. The van der Waals surface area contributed by atoms with Crippen LogP contribution in [-0.2, 0) is 6.42 Å². The highest BCUT2D eigenvalue weighted by Gasteiger charge is 2.11. The van der Waals surface area contributed by atoms with Crippen molar-refractivity contribution in [2.75, 3.05) is 0 Å². The monoisotopic (exact) mass is 260 g/mol. The van der Waals surface area contributed by atoms with Crippen LogP contribution in [0.2, 0.25) is 0 Å². The molecule has 0 aliphatic carbocycles. The first-order valence-corrected chi connectivity index (χ1v) is 6.91. The zero-order valence-corrected chi connectivity index (χ0v) is 11.5. The summed E-state index contributed by atoms with van der Waals surface area (Å²) in [5.41, 5.74) is 2.80. The Bertz CT molecular complexity index is 757. The van der Waals surface area contributed by atoms with Crippen LogP contribution in [0.4, 0.5) is 0 Å². The molecule has 3 aromatic rings. The van der Waals surface area contributed by atoms with E-state index in [1.807, 2.05) is 42.5 Å². The summed E-state index contributed by atoms with van der Waals surface area (Å²) >= 11 is 0. The van der Waals surface area contributed by atoms with Crippen molar-refractivity contribution in [1.29, 1.82) is 0 Å². The number of carbonyl (C=O) groups is 1. The Labute approximate surface area is 118 Å². The predicted molar refractivity (Wildman–Crippen MR) is 83.2 cm³/mol. The van der Waals surface area contributed by atoms with Gasteiger partial charge in [0.1, 0.15) is 0 Å². The first-order chi connectivity index (χ1) is 9.79. The third kappa shape index (κ3) is 2.23. The van der Waals surface area contributed by atoms with E-state index in [4.69, 9.17) is 0 Å². The van der Waals surface area contributed by atoms with Gasteiger partial charge in [0, 0.05) is 11.1 Å². The van der Waals surface area contributed by atoms with Gasteiger partial charge in [0.15, 0.2) is 5.78 Å². The SMILES string of the molecule is CCc1ccc2c(C(=O)c3ccccc3)cccc2c1. The molecule has 0 radical (unpaired) electrons. The Morgan fingerprint density at radius 1 is 0.900 bits per heavy atom. The van der Waals surface area contributed by atoms with E-state index in [1.165, 1.54) is 5.56 Å². The molecular weight excluding hydrogens is 244 g/mol. The molecule has 3 aromatic carbocycles. The molecule has 0 aromatic heterocycles. The lowest BCUT2D eigenvalue weighted by molar-refractivity contribution is 0.104. The fraction of sp³-hybridized carbons (Fsp3) is 0.105. The molecule has 0 atom stereocenters. The Morgan fingerprint density at radius 3 is 2.45 bits per heavy atom. The van der Waals surface area contributed by atoms with Crippen molar-refractivity contribution in [3.63, 3.8) is 0 Å². The highest BCUT2D eigenvalue weighted by Crippen LogP contribution is 2.23. The summed E-state index contributed by atoms with van der Waals surface area (Å²) in [6.07, 6.45) is 1.01. The van der Waals surface area contributed by atoms with Crippen molar-refractivity contribution in [1.82, 2.24) is 0 Å². The van der Waals surface area contributed by atoms with Gasteiger partial charge in [-0.2, -0.15) is 0 Å². The van der Waals surface area contributed by atoms with E-state index < -0.39 is 0 Å². The third-order valence-corrected chi connectivity index (χ3v) is 3.63. The topological polar surface area (TPSA) is 17.1 Å². The van der Waals surface area contributed by atoms with Crippen molar-refractivity contribution in [2.45, 2.75) is 13.3 Å². The quantitative estimate of drug-likeness (QED) is 0.627. The maximum Gasteiger partial charge on any atom is 0.193 e. The van der Waals surface area contributed by atoms with Gasteiger partial charge < -0.3 is 0 Å². The van der Waals surface area contributed by atoms with Crippen molar-refractivity contribution in [3.05, 3.63) is 83.4 Å². The molecule has 98 valence electrons. The third-order valence-electron chi connectivity index (χ3n) is 3.63. The minimum Gasteiger partial charge on any atom is -0.289 e. The first-order valence-electron chi connectivity index (χ1n) is 6.91. The smallest absolute Gasteiger partial charge is 0.193 e. The first kappa shape index (κ1) is 12.6. The molecule has 3 rings (SSSR count). The zero-order chi connectivity index (χ0) is 13.9. The molecule has 0 fully saturated rings. The lowest BCUT2D eigenvalue weighted by Crippen LogP contribution is -2.01. The number of hydrogen-bond acceptors (Lipinski definition) is 1. The number of fused-ring (bicyclic) bond motifs is 1. The molecule has 0 saturated carbocycles. The van der Waals surface area contributed by atoms with Crippen LogP contribution in [0.3, 0.4) is 0 Å². The number of aryl methyl sites for hydroxylation is 1. The fourth-order valence-electron chi connectivity index (χ4n) is 2.50. The molecule has 0 amide bonds. The van der Waals surface area contributed by atoms with E-state index in [0.29, 0.717) is 0 Å². The lowest BCUT2D eigenvalue weighted by atomic mass is 9.96. The van der Waals surface area contributed by atoms with Gasteiger partial charge in [-0.25, -0.2) is 0 Å². The summed E-state index contributed by atoms with van der Waals surface area (Å²) in [6, 6.07) is 21.7. The van der Waals surface area contributed by atoms with E-state index in [9.17, 15) is 4.79 Å². The largest absolute Gasteiger partial charge is 0.289 e. The number of benzene rings is 3. The maximum atomic E-state index is 12.6. The van der Waals surface area contributed by atoms with E-state index in [2.05, 4.69) is 31.2 Å². The fourth-order valence-corrected chi connectivity index (χ4v) is 2.50. The minimum atomic E-state index is 0.0837. The molecule has 0 bridgehead atoms. The normalized spacial score (nSPS) is 10.7. The van der Waals surface area contributed by atoms with Crippen LogP contribution in [0.1, 0.15) is 28.4 Å². The van der Waals surface area contributed by atoms with Crippen LogP contribution in [-0.4, -0.2) is 5.78 Å². The van der Waals surface area contributed by atoms with Crippen molar-refractivity contribution >= 4 is 16.6 Å². The van der Waals surface area contributed by atoms with Crippen molar-refractivity contribution in [2.24, 2.45) is 0 Å². The molecular formula is C19H16O. The van der Waals surface area contributed by atoms with Crippen molar-refractivity contribution in [3.8, 4) is 0 Å². The summed E-state index contributed by atoms with van der Waals surface area (Å²) in [5, 5.41) is 2.16. The van der Waals surface area contributed by atoms with Crippen molar-refractivity contribution < 1.29 is 4.79 Å². The van der Waals surface area contributed by atoms with Crippen LogP contribution in [0, 0.1) is 0 Å². The Hall–Kier alpha value is -2.41. The summed E-state index contributed by atoms with van der Waals surface area (Å²) in [5.74, 6) is 0.0837. The lowest BCUT2D eigenvalue weighted by Gasteiger charge is -2.07. The predicted octanol–water partition coefficient (Wildman–Crippen LogP) is 4.63. The Kier molecular flexibility index (Phi) is 3.34. The van der Waals surface area contributed by atoms with Crippen LogP contribution in [0.15, 0.2) is 66.7 Å². The van der Waals surface area contributed by atoms with Gasteiger partial charge in [-0.15, -0.1) is 0 Å². The average molecular weight is 260 g/mol. The summed E-state index contributed by atoms with van der Waals surface area (Å²) < 4.78 is 0. The molecule has 0 aliphatic rings. The summed E-state index contributed by atoms with van der Waals surface area (Å²) in [7, 11) is 0. The molecule has 0 spiro atoms. The van der Waals surface area contributed by atoms with Gasteiger partial charge in [0.2, 0.25) is 0 Å². The van der Waals surface area contributed by atoms with Gasteiger partial charge >= 0.3 is 0 Å². The average Bonchev–Trinajstić information content (AvgIpc) is 2.54. The molecule has 1 heteroatoms. The number of rotatable bonds is 3. The molecule has 0 saturated heterocycles. The van der Waals surface area contributed by atoms with Gasteiger partial charge in [-0.3, -0.25) is 4.79 Å². The van der Waals surface area contributed by atoms with Crippen LogP contribution >= 0.6 is 0 Å². The highest BCUT2D eigenvalue weighted by molar-refractivity contribution is 6.16. The molecule has 0 unspecified atom stereocenters. The second-order valence-electron chi connectivity index (χ2n) is 4.91. The van der Waals surface area contributed by atoms with E-state index in [-0.39, 0.29) is 5.78 Å². The van der Waals surface area contributed by atoms with E-state index in [0.717, 1.165) is 28.3 Å².